The van der Waals surface area contributed by atoms with E-state index in [9.17, 15) is 5.11 Å². The van der Waals surface area contributed by atoms with E-state index in [4.69, 9.17) is 0 Å². The van der Waals surface area contributed by atoms with Gasteiger partial charge < -0.3 is 9.51 Å². The molecule has 0 amide bonds. The number of imidazole rings is 1. The zero-order valence-corrected chi connectivity index (χ0v) is 10.3. The highest BCUT2D eigenvalue weighted by Crippen LogP contribution is 2.20. The fourth-order valence-corrected chi connectivity index (χ4v) is 2.15. The molecule has 2 heterocycles. The topological polar surface area (TPSA) is 37.5 Å². The van der Waals surface area contributed by atoms with Gasteiger partial charge in [-0.25, -0.2) is 4.98 Å². The molecule has 0 saturated carbocycles. The molecular weight excluding hydrogens is 256 g/mol. The molecule has 0 aliphatic rings. The Labute approximate surface area is 96.9 Å². The Morgan fingerprint density at radius 1 is 1.53 bits per heavy atom. The van der Waals surface area contributed by atoms with Crippen LogP contribution >= 0.6 is 15.9 Å². The van der Waals surface area contributed by atoms with Crippen molar-refractivity contribution in [2.24, 2.45) is 0 Å². The molecule has 0 spiro atoms. The zero-order chi connectivity index (χ0) is 11.0. The Balaban J connectivity index is 2.59. The maximum atomic E-state index is 9.38. The molecule has 0 saturated heterocycles. The number of pyridine rings is 1. The highest BCUT2D eigenvalue weighted by atomic mass is 79.9. The molecular formula is C11H13BrN2O. The van der Waals surface area contributed by atoms with Crippen molar-refractivity contribution in [1.82, 2.24) is 9.38 Å². The summed E-state index contributed by atoms with van der Waals surface area (Å²) < 4.78 is 2.85. The maximum Gasteiger partial charge on any atom is 0.132 e. The number of aryl methyl sites for hydroxylation is 1. The van der Waals surface area contributed by atoms with Crippen LogP contribution in [0.15, 0.2) is 22.9 Å². The highest BCUT2D eigenvalue weighted by molar-refractivity contribution is 9.10. The summed E-state index contributed by atoms with van der Waals surface area (Å²) in [4.78, 5) is 4.39. The van der Waals surface area contributed by atoms with Gasteiger partial charge in [-0.15, -0.1) is 0 Å². The largest absolute Gasteiger partial charge is 0.393 e. The minimum Gasteiger partial charge on any atom is -0.393 e. The molecule has 1 atom stereocenters. The van der Waals surface area contributed by atoms with Crippen LogP contribution in [0.3, 0.4) is 0 Å². The number of rotatable bonds is 2. The fourth-order valence-electron chi connectivity index (χ4n) is 1.62. The second-order valence-corrected chi connectivity index (χ2v) is 4.58. The van der Waals surface area contributed by atoms with Gasteiger partial charge in [-0.1, -0.05) is 6.07 Å². The third kappa shape index (κ3) is 2.06. The Morgan fingerprint density at radius 3 is 2.93 bits per heavy atom. The quantitative estimate of drug-likeness (QED) is 0.908. The van der Waals surface area contributed by atoms with Gasteiger partial charge in [0.1, 0.15) is 10.4 Å². The molecule has 0 radical (unpaired) electrons. The number of aromatic nitrogens is 2. The molecule has 80 valence electrons. The first-order chi connectivity index (χ1) is 7.08. The van der Waals surface area contributed by atoms with Crippen molar-refractivity contribution in [1.29, 1.82) is 0 Å². The SMILES string of the molecule is Cc1ccc2c(Br)nc(CC(C)O)n2c1. The third-order valence-electron chi connectivity index (χ3n) is 2.29. The van der Waals surface area contributed by atoms with Crippen molar-refractivity contribution in [3.05, 3.63) is 34.3 Å². The number of hydrogen-bond donors (Lipinski definition) is 1. The summed E-state index contributed by atoms with van der Waals surface area (Å²) in [5.41, 5.74) is 2.22. The van der Waals surface area contributed by atoms with Gasteiger partial charge in [0.05, 0.1) is 11.6 Å². The molecule has 0 aliphatic carbocycles. The van der Waals surface area contributed by atoms with Crippen LogP contribution in [0.4, 0.5) is 0 Å². The molecule has 0 aromatic carbocycles. The average Bonchev–Trinajstić information content (AvgIpc) is 2.42. The molecule has 0 fully saturated rings. The minimum absolute atomic E-state index is 0.372. The van der Waals surface area contributed by atoms with Crippen LogP contribution in [0.5, 0.6) is 0 Å². The molecule has 3 nitrogen and oxygen atoms in total. The number of fused-ring (bicyclic) bond motifs is 1. The van der Waals surface area contributed by atoms with E-state index in [1.165, 1.54) is 5.56 Å². The Morgan fingerprint density at radius 2 is 2.27 bits per heavy atom. The molecule has 0 bridgehead atoms. The first-order valence-corrected chi connectivity index (χ1v) is 5.68. The molecule has 1 unspecified atom stereocenters. The van der Waals surface area contributed by atoms with E-state index in [0.717, 1.165) is 15.9 Å². The van der Waals surface area contributed by atoms with Crippen LogP contribution in [0.2, 0.25) is 0 Å². The summed E-state index contributed by atoms with van der Waals surface area (Å²) in [6.07, 6.45) is 2.23. The normalized spacial score (nSPS) is 13.3. The van der Waals surface area contributed by atoms with Gasteiger partial charge in [0, 0.05) is 12.6 Å². The van der Waals surface area contributed by atoms with Gasteiger partial charge in [0.25, 0.3) is 0 Å². The van der Waals surface area contributed by atoms with Crippen LogP contribution in [-0.2, 0) is 6.42 Å². The van der Waals surface area contributed by atoms with Crippen molar-refractivity contribution < 1.29 is 5.11 Å². The lowest BCUT2D eigenvalue weighted by atomic mass is 10.2. The number of aliphatic hydroxyl groups is 1. The molecule has 0 aliphatic heterocycles. The van der Waals surface area contributed by atoms with E-state index >= 15 is 0 Å². The summed E-state index contributed by atoms with van der Waals surface area (Å²) in [6, 6.07) is 4.08. The lowest BCUT2D eigenvalue weighted by Gasteiger charge is -2.04. The van der Waals surface area contributed by atoms with Crippen LogP contribution in [0.1, 0.15) is 18.3 Å². The fraction of sp³-hybridized carbons (Fsp3) is 0.364. The van der Waals surface area contributed by atoms with E-state index < -0.39 is 0 Å². The molecule has 2 aromatic heterocycles. The first-order valence-electron chi connectivity index (χ1n) is 4.89. The molecule has 2 aromatic rings. The molecule has 2 rings (SSSR count). The lowest BCUT2D eigenvalue weighted by molar-refractivity contribution is 0.192. The Hall–Kier alpha value is -0.870. The van der Waals surface area contributed by atoms with Gasteiger partial charge >= 0.3 is 0 Å². The highest BCUT2D eigenvalue weighted by Gasteiger charge is 2.10. The number of aliphatic hydroxyl groups excluding tert-OH is 1. The summed E-state index contributed by atoms with van der Waals surface area (Å²) in [7, 11) is 0. The van der Waals surface area contributed by atoms with Gasteiger partial charge in [-0.2, -0.15) is 0 Å². The smallest absolute Gasteiger partial charge is 0.132 e. The van der Waals surface area contributed by atoms with E-state index in [0.29, 0.717) is 6.42 Å². The molecule has 1 N–H and O–H groups in total. The van der Waals surface area contributed by atoms with Crippen LogP contribution in [-0.4, -0.2) is 20.6 Å². The van der Waals surface area contributed by atoms with Crippen LogP contribution in [0.25, 0.3) is 5.52 Å². The molecule has 15 heavy (non-hydrogen) atoms. The number of hydrogen-bond acceptors (Lipinski definition) is 2. The Bertz CT molecular complexity index is 491. The zero-order valence-electron chi connectivity index (χ0n) is 8.74. The van der Waals surface area contributed by atoms with Crippen molar-refractivity contribution in [2.45, 2.75) is 26.4 Å². The van der Waals surface area contributed by atoms with Crippen molar-refractivity contribution in [2.75, 3.05) is 0 Å². The average molecular weight is 269 g/mol. The summed E-state index contributed by atoms with van der Waals surface area (Å²) >= 11 is 3.42. The summed E-state index contributed by atoms with van der Waals surface area (Å²) in [6.45, 7) is 3.81. The van der Waals surface area contributed by atoms with Gasteiger partial charge in [-0.3, -0.25) is 0 Å². The van der Waals surface area contributed by atoms with Gasteiger partial charge in [0.15, 0.2) is 0 Å². The van der Waals surface area contributed by atoms with E-state index in [2.05, 4.69) is 20.9 Å². The van der Waals surface area contributed by atoms with Crippen molar-refractivity contribution in [3.63, 3.8) is 0 Å². The van der Waals surface area contributed by atoms with E-state index in [1.807, 2.05) is 29.7 Å². The predicted molar refractivity (Wildman–Crippen MR) is 63.0 cm³/mol. The van der Waals surface area contributed by atoms with Crippen molar-refractivity contribution >= 4 is 21.4 Å². The number of halogens is 1. The maximum absolute atomic E-state index is 9.38. The van der Waals surface area contributed by atoms with Crippen LogP contribution in [0, 0.1) is 6.92 Å². The second kappa shape index (κ2) is 3.94. The lowest BCUT2D eigenvalue weighted by Crippen LogP contribution is -2.07. The summed E-state index contributed by atoms with van der Waals surface area (Å²) in [5.74, 6) is 0.885. The van der Waals surface area contributed by atoms with Crippen molar-refractivity contribution in [3.8, 4) is 0 Å². The third-order valence-corrected chi connectivity index (χ3v) is 2.87. The van der Waals surface area contributed by atoms with Crippen LogP contribution < -0.4 is 0 Å². The van der Waals surface area contributed by atoms with E-state index in [1.54, 1.807) is 6.92 Å². The second-order valence-electron chi connectivity index (χ2n) is 3.83. The predicted octanol–water partition coefficient (Wildman–Crippen LogP) is 2.33. The van der Waals surface area contributed by atoms with Gasteiger partial charge in [0.2, 0.25) is 0 Å². The monoisotopic (exact) mass is 268 g/mol. The standard InChI is InChI=1S/C11H13BrN2O/c1-7-3-4-9-11(12)13-10(5-8(2)15)14(9)6-7/h3-4,6,8,15H,5H2,1-2H3. The number of nitrogens with zero attached hydrogens (tertiary/aromatic N) is 2. The van der Waals surface area contributed by atoms with Gasteiger partial charge in [-0.05, 0) is 41.4 Å². The first kappa shape index (κ1) is 10.6. The minimum atomic E-state index is -0.372. The Kier molecular flexibility index (Phi) is 2.80. The molecule has 4 heteroatoms. The van der Waals surface area contributed by atoms with E-state index in [-0.39, 0.29) is 6.10 Å². The summed E-state index contributed by atoms with van der Waals surface area (Å²) in [5, 5.41) is 9.38.